The number of amides is 1. The summed E-state index contributed by atoms with van der Waals surface area (Å²) in [5, 5.41) is 17.4. The highest BCUT2D eigenvalue weighted by Crippen LogP contribution is 2.30. The van der Waals surface area contributed by atoms with Crippen molar-refractivity contribution in [2.75, 3.05) is 57.6 Å². The van der Waals surface area contributed by atoms with Crippen LogP contribution in [0.15, 0.2) is 55.0 Å². The number of aromatic nitrogens is 4. The molecule has 228 valence electrons. The van der Waals surface area contributed by atoms with E-state index in [1.165, 1.54) is 0 Å². The maximum Gasteiger partial charge on any atom is 0.258 e. The molecule has 1 aliphatic heterocycles. The monoisotopic (exact) mass is 586 g/mol. The van der Waals surface area contributed by atoms with Crippen LogP contribution in [0.25, 0.3) is 22.3 Å². The summed E-state index contributed by atoms with van der Waals surface area (Å²) in [4.78, 5) is 31.4. The van der Waals surface area contributed by atoms with Gasteiger partial charge in [-0.1, -0.05) is 0 Å². The number of methoxy groups -OCH3 is 1. The van der Waals surface area contributed by atoms with Gasteiger partial charge in [-0.25, -0.2) is 4.98 Å². The van der Waals surface area contributed by atoms with Crippen LogP contribution < -0.4 is 20.3 Å². The summed E-state index contributed by atoms with van der Waals surface area (Å²) in [5.74, 6) is 0.663. The Morgan fingerprint density at radius 3 is 2.65 bits per heavy atom. The first kappa shape index (κ1) is 30.4. The van der Waals surface area contributed by atoms with E-state index in [2.05, 4.69) is 56.6 Å². The van der Waals surface area contributed by atoms with E-state index in [-0.39, 0.29) is 12.5 Å². The number of fused-ring (bicyclic) bond motifs is 1. The third-order valence-electron chi connectivity index (χ3n) is 7.65. The van der Waals surface area contributed by atoms with E-state index >= 15 is 0 Å². The minimum atomic E-state index is -1.03. The van der Waals surface area contributed by atoms with Gasteiger partial charge in [0.15, 0.2) is 0 Å². The molecule has 1 saturated heterocycles. The Morgan fingerprint density at radius 1 is 1.14 bits per heavy atom. The largest absolute Gasteiger partial charge is 0.496 e. The molecule has 4 aromatic rings. The summed E-state index contributed by atoms with van der Waals surface area (Å²) in [5.41, 5.74) is 3.37. The van der Waals surface area contributed by atoms with Gasteiger partial charge in [0.1, 0.15) is 5.75 Å². The zero-order chi connectivity index (χ0) is 30.6. The molecule has 43 heavy (non-hydrogen) atoms. The Kier molecular flexibility index (Phi) is 9.24. The third kappa shape index (κ3) is 7.48. The summed E-state index contributed by atoms with van der Waals surface area (Å²) in [7, 11) is 5.77. The molecule has 0 atom stereocenters. The number of imidazole rings is 1. The van der Waals surface area contributed by atoms with Gasteiger partial charge in [-0.2, -0.15) is 0 Å². The first-order chi connectivity index (χ1) is 20.6. The zero-order valence-corrected chi connectivity index (χ0v) is 25.7. The van der Waals surface area contributed by atoms with Crippen molar-refractivity contribution < 1.29 is 14.6 Å². The van der Waals surface area contributed by atoms with Crippen molar-refractivity contribution in [1.82, 2.24) is 29.7 Å². The second-order valence-electron chi connectivity index (χ2n) is 12.0. The lowest BCUT2D eigenvalue weighted by Gasteiger charge is -2.34. The number of pyridine rings is 2. The summed E-state index contributed by atoms with van der Waals surface area (Å²) in [6, 6.07) is 11.8. The van der Waals surface area contributed by atoms with Crippen molar-refractivity contribution in [2.45, 2.75) is 44.9 Å². The number of nitrogens with zero attached hydrogens (tertiary/aromatic N) is 6. The average Bonchev–Trinajstić information content (AvgIpc) is 3.31. The molecule has 11 heteroatoms. The fourth-order valence-electron chi connectivity index (χ4n) is 5.43. The number of hydrogen-bond donors (Lipinski definition) is 3. The van der Waals surface area contributed by atoms with Crippen LogP contribution in [0.5, 0.6) is 5.75 Å². The Balaban J connectivity index is 1.37. The van der Waals surface area contributed by atoms with Crippen molar-refractivity contribution in [3.63, 3.8) is 0 Å². The van der Waals surface area contributed by atoms with Crippen molar-refractivity contribution >= 4 is 28.6 Å². The van der Waals surface area contributed by atoms with Gasteiger partial charge >= 0.3 is 0 Å². The summed E-state index contributed by atoms with van der Waals surface area (Å²) >= 11 is 0. The molecule has 0 bridgehead atoms. The van der Waals surface area contributed by atoms with Crippen LogP contribution in [-0.2, 0) is 6.54 Å². The number of carbonyl (C=O) groups is 1. The SMILES string of the molecule is COc1ccncc1-c1cc(C(=O)Nc2nc3ccc(N4CCC(NCCN(C)C)CC4)cc3n2CC(C)(C)O)ccn1. The normalized spacial score (nSPS) is 14.4. The van der Waals surface area contributed by atoms with E-state index in [4.69, 9.17) is 9.72 Å². The van der Waals surface area contributed by atoms with E-state index < -0.39 is 5.60 Å². The van der Waals surface area contributed by atoms with E-state index in [0.717, 1.165) is 55.7 Å². The number of benzene rings is 1. The minimum Gasteiger partial charge on any atom is -0.496 e. The Hall–Kier alpha value is -4.06. The number of piperidine rings is 1. The highest BCUT2D eigenvalue weighted by atomic mass is 16.5. The number of hydrogen-bond acceptors (Lipinski definition) is 9. The Labute approximate surface area is 252 Å². The van der Waals surface area contributed by atoms with Crippen LogP contribution in [-0.4, -0.2) is 94.5 Å². The maximum absolute atomic E-state index is 13.5. The second-order valence-corrected chi connectivity index (χ2v) is 12.0. The van der Waals surface area contributed by atoms with Crippen molar-refractivity contribution in [3.8, 4) is 17.0 Å². The molecule has 0 radical (unpaired) electrons. The number of nitrogens with one attached hydrogen (secondary N) is 2. The van der Waals surface area contributed by atoms with Crippen LogP contribution in [0.3, 0.4) is 0 Å². The first-order valence-electron chi connectivity index (χ1n) is 14.7. The second kappa shape index (κ2) is 13.1. The van der Waals surface area contributed by atoms with E-state index in [1.54, 1.807) is 57.7 Å². The Morgan fingerprint density at radius 2 is 1.93 bits per heavy atom. The van der Waals surface area contributed by atoms with E-state index in [1.807, 2.05) is 10.6 Å². The fourth-order valence-corrected chi connectivity index (χ4v) is 5.43. The predicted molar refractivity (Wildman–Crippen MR) is 170 cm³/mol. The summed E-state index contributed by atoms with van der Waals surface area (Å²) in [6.07, 6.45) is 7.05. The number of aliphatic hydroxyl groups is 1. The molecule has 1 fully saturated rings. The highest BCUT2D eigenvalue weighted by Gasteiger charge is 2.24. The molecule has 1 aromatic carbocycles. The van der Waals surface area contributed by atoms with Gasteiger partial charge < -0.3 is 29.5 Å². The standard InChI is InChI=1S/C32H42N8O3/c1-32(2,42)21-40-28-19-24(39-15-10-23(11-16-39)34-14-17-38(3)4)6-7-26(28)36-31(40)37-30(41)22-8-13-35-27(18-22)25-20-33-12-9-29(25)43-5/h6-9,12-13,18-20,23,34,42H,10-11,14-17,21H2,1-5H3,(H,36,37,41). The molecular weight excluding hydrogens is 544 g/mol. The van der Waals surface area contributed by atoms with Gasteiger partial charge in [-0.05, 0) is 77.2 Å². The number of likely N-dealkylation sites (N-methyl/N-ethyl adjacent to an activating group) is 1. The van der Waals surface area contributed by atoms with E-state index in [0.29, 0.717) is 34.6 Å². The number of anilines is 2. The van der Waals surface area contributed by atoms with Gasteiger partial charge in [-0.15, -0.1) is 0 Å². The third-order valence-corrected chi connectivity index (χ3v) is 7.65. The number of ether oxygens (including phenoxy) is 1. The molecule has 1 aliphatic rings. The lowest BCUT2D eigenvalue weighted by molar-refractivity contribution is 0.0630. The molecule has 11 nitrogen and oxygen atoms in total. The Bertz CT molecular complexity index is 1550. The van der Waals surface area contributed by atoms with Gasteiger partial charge in [0.25, 0.3) is 5.91 Å². The molecule has 0 saturated carbocycles. The molecule has 1 amide bonds. The lowest BCUT2D eigenvalue weighted by Crippen LogP contribution is -2.44. The molecule has 4 heterocycles. The molecule has 3 N–H and O–H groups in total. The molecule has 0 spiro atoms. The van der Waals surface area contributed by atoms with Crippen LogP contribution in [0.4, 0.5) is 11.6 Å². The van der Waals surface area contributed by atoms with Crippen LogP contribution >= 0.6 is 0 Å². The molecule has 3 aromatic heterocycles. The molecule has 5 rings (SSSR count). The van der Waals surface area contributed by atoms with Gasteiger partial charge in [0, 0.05) is 62.1 Å². The van der Waals surface area contributed by atoms with E-state index in [9.17, 15) is 9.90 Å². The predicted octanol–water partition coefficient (Wildman–Crippen LogP) is 3.65. The minimum absolute atomic E-state index is 0.259. The van der Waals surface area contributed by atoms with Crippen LogP contribution in [0, 0.1) is 0 Å². The highest BCUT2D eigenvalue weighted by molar-refractivity contribution is 6.04. The topological polar surface area (TPSA) is 121 Å². The zero-order valence-electron chi connectivity index (χ0n) is 25.7. The quantitative estimate of drug-likeness (QED) is 0.242. The number of rotatable bonds is 11. The van der Waals surface area contributed by atoms with Crippen molar-refractivity contribution in [3.05, 3.63) is 60.6 Å². The summed E-state index contributed by atoms with van der Waals surface area (Å²) in [6.45, 7) is 7.70. The molecule has 0 unspecified atom stereocenters. The van der Waals surface area contributed by atoms with Gasteiger partial charge in [0.2, 0.25) is 5.95 Å². The first-order valence-corrected chi connectivity index (χ1v) is 14.7. The van der Waals surface area contributed by atoms with Crippen LogP contribution in [0.1, 0.15) is 37.0 Å². The number of carbonyl (C=O) groups excluding carboxylic acids is 1. The summed E-state index contributed by atoms with van der Waals surface area (Å²) < 4.78 is 7.34. The average molecular weight is 587 g/mol. The van der Waals surface area contributed by atoms with Crippen molar-refractivity contribution in [1.29, 1.82) is 0 Å². The lowest BCUT2D eigenvalue weighted by atomic mass is 10.0. The molecule has 0 aliphatic carbocycles. The van der Waals surface area contributed by atoms with Gasteiger partial charge in [0.05, 0.1) is 41.5 Å². The van der Waals surface area contributed by atoms with Crippen LogP contribution in [0.2, 0.25) is 0 Å². The molecular formula is C32H42N8O3. The smallest absolute Gasteiger partial charge is 0.258 e. The maximum atomic E-state index is 13.5. The fraction of sp³-hybridized carbons (Fsp3) is 0.438. The van der Waals surface area contributed by atoms with Gasteiger partial charge in [-0.3, -0.25) is 20.1 Å². The van der Waals surface area contributed by atoms with Crippen molar-refractivity contribution in [2.24, 2.45) is 0 Å².